The monoisotopic (exact) mass is 177 g/mol. The van der Waals surface area contributed by atoms with E-state index in [0.29, 0.717) is 0 Å². The van der Waals surface area contributed by atoms with Gasteiger partial charge in [-0.1, -0.05) is 24.3 Å². The highest BCUT2D eigenvalue weighted by Gasteiger charge is 2.00. The van der Waals surface area contributed by atoms with Gasteiger partial charge in [-0.25, -0.2) is 5.84 Å². The van der Waals surface area contributed by atoms with Gasteiger partial charge in [-0.05, 0) is 18.1 Å². The molecule has 0 aliphatic rings. The molecule has 0 aliphatic carbocycles. The van der Waals surface area contributed by atoms with Crippen molar-refractivity contribution >= 4 is 5.84 Å². The number of amidine groups is 1. The highest BCUT2D eigenvalue weighted by molar-refractivity contribution is 5.83. The van der Waals surface area contributed by atoms with Crippen LogP contribution in [0, 0.1) is 6.92 Å². The minimum atomic E-state index is 0.764. The molecule has 3 N–H and O–H groups in total. The smallest absolute Gasteiger partial charge is 0.114 e. The fourth-order valence-corrected chi connectivity index (χ4v) is 1.18. The number of aliphatic imine (C=N–C) groups is 1. The molecule has 0 atom stereocenters. The molecule has 70 valence electrons. The minimum Gasteiger partial charge on any atom is -0.312 e. The molecule has 0 saturated carbocycles. The average molecular weight is 177 g/mol. The molecule has 0 aliphatic heterocycles. The number of hydrogen-bond donors (Lipinski definition) is 2. The van der Waals surface area contributed by atoms with E-state index in [4.69, 9.17) is 5.84 Å². The largest absolute Gasteiger partial charge is 0.312 e. The van der Waals surface area contributed by atoms with E-state index in [1.165, 1.54) is 11.1 Å². The van der Waals surface area contributed by atoms with E-state index >= 15 is 0 Å². The van der Waals surface area contributed by atoms with Gasteiger partial charge in [-0.15, -0.1) is 0 Å². The summed E-state index contributed by atoms with van der Waals surface area (Å²) in [7, 11) is 1.73. The molecule has 0 bridgehead atoms. The molecule has 0 fully saturated rings. The number of rotatable bonds is 2. The van der Waals surface area contributed by atoms with Crippen molar-refractivity contribution in [1.29, 1.82) is 0 Å². The highest BCUT2D eigenvalue weighted by Crippen LogP contribution is 2.07. The number of benzene rings is 1. The Morgan fingerprint density at radius 3 is 2.69 bits per heavy atom. The normalized spacial score (nSPS) is 11.5. The number of nitrogens with two attached hydrogens (primary N) is 1. The fraction of sp³-hybridized carbons (Fsp3) is 0.300. The van der Waals surface area contributed by atoms with E-state index in [9.17, 15) is 0 Å². The van der Waals surface area contributed by atoms with Gasteiger partial charge in [0.1, 0.15) is 5.84 Å². The third-order valence-electron chi connectivity index (χ3n) is 2.06. The topological polar surface area (TPSA) is 50.4 Å². The van der Waals surface area contributed by atoms with Gasteiger partial charge in [-0.3, -0.25) is 4.99 Å². The van der Waals surface area contributed by atoms with Crippen molar-refractivity contribution in [3.8, 4) is 0 Å². The summed E-state index contributed by atoms with van der Waals surface area (Å²) in [5.41, 5.74) is 5.09. The molecule has 1 rings (SSSR count). The number of nitrogens with one attached hydrogen (secondary N) is 1. The maximum Gasteiger partial charge on any atom is 0.114 e. The number of nitrogens with zero attached hydrogens (tertiary/aromatic N) is 1. The Kier molecular flexibility index (Phi) is 3.46. The Bertz CT molecular complexity index is 305. The van der Waals surface area contributed by atoms with Gasteiger partial charge in [0.2, 0.25) is 0 Å². The van der Waals surface area contributed by atoms with E-state index in [0.717, 1.165) is 12.3 Å². The Morgan fingerprint density at radius 1 is 1.46 bits per heavy atom. The molecule has 13 heavy (non-hydrogen) atoms. The lowest BCUT2D eigenvalue weighted by Crippen LogP contribution is -2.31. The summed E-state index contributed by atoms with van der Waals surface area (Å²) in [6.45, 7) is 2.08. The predicted molar refractivity (Wildman–Crippen MR) is 55.6 cm³/mol. The zero-order valence-corrected chi connectivity index (χ0v) is 8.04. The first-order chi connectivity index (χ1) is 6.27. The van der Waals surface area contributed by atoms with Gasteiger partial charge in [0.25, 0.3) is 0 Å². The Balaban J connectivity index is 2.80. The van der Waals surface area contributed by atoms with Gasteiger partial charge < -0.3 is 5.43 Å². The van der Waals surface area contributed by atoms with Gasteiger partial charge in [0.05, 0.1) is 0 Å². The molecule has 1 aromatic carbocycles. The molecule has 0 radical (unpaired) electrons. The summed E-state index contributed by atoms with van der Waals surface area (Å²) in [6.07, 6.45) is 0.764. The summed E-state index contributed by atoms with van der Waals surface area (Å²) >= 11 is 0. The summed E-state index contributed by atoms with van der Waals surface area (Å²) in [6, 6.07) is 8.21. The SMILES string of the molecule is CN=C(Cc1ccccc1C)NN. The van der Waals surface area contributed by atoms with Gasteiger partial charge >= 0.3 is 0 Å². The summed E-state index contributed by atoms with van der Waals surface area (Å²) < 4.78 is 0. The second-order valence-corrected chi connectivity index (χ2v) is 2.92. The van der Waals surface area contributed by atoms with E-state index in [1.54, 1.807) is 7.05 Å². The fourth-order valence-electron chi connectivity index (χ4n) is 1.18. The molecular weight excluding hydrogens is 162 g/mol. The van der Waals surface area contributed by atoms with Crippen LogP contribution in [0.3, 0.4) is 0 Å². The molecule has 0 unspecified atom stereocenters. The van der Waals surface area contributed by atoms with Gasteiger partial charge in [-0.2, -0.15) is 0 Å². The molecule has 0 aromatic heterocycles. The van der Waals surface area contributed by atoms with Crippen LogP contribution in [0.2, 0.25) is 0 Å². The van der Waals surface area contributed by atoms with Crippen molar-refractivity contribution in [2.75, 3.05) is 7.05 Å². The lowest BCUT2D eigenvalue weighted by molar-refractivity contribution is 0.978. The van der Waals surface area contributed by atoms with Crippen LogP contribution in [0.25, 0.3) is 0 Å². The quantitative estimate of drug-likeness (QED) is 0.307. The maximum absolute atomic E-state index is 5.30. The lowest BCUT2D eigenvalue weighted by Gasteiger charge is -2.06. The van der Waals surface area contributed by atoms with Gasteiger partial charge in [0, 0.05) is 13.5 Å². The lowest BCUT2D eigenvalue weighted by atomic mass is 10.1. The van der Waals surface area contributed by atoms with E-state index in [1.807, 2.05) is 12.1 Å². The molecular formula is C10H15N3. The van der Waals surface area contributed by atoms with Crippen LogP contribution in [0.15, 0.2) is 29.3 Å². The second-order valence-electron chi connectivity index (χ2n) is 2.92. The molecule has 1 aromatic rings. The van der Waals surface area contributed by atoms with E-state index < -0.39 is 0 Å². The van der Waals surface area contributed by atoms with Crippen LogP contribution in [-0.2, 0) is 6.42 Å². The van der Waals surface area contributed by atoms with Crippen LogP contribution in [0.5, 0.6) is 0 Å². The summed E-state index contributed by atoms with van der Waals surface area (Å²) in [5, 5.41) is 0. The van der Waals surface area contributed by atoms with Crippen LogP contribution in [0.1, 0.15) is 11.1 Å². The average Bonchev–Trinajstić information content (AvgIpc) is 2.17. The summed E-state index contributed by atoms with van der Waals surface area (Å²) in [5.74, 6) is 6.10. The molecule has 3 heteroatoms. The van der Waals surface area contributed by atoms with Crippen LogP contribution in [0.4, 0.5) is 0 Å². The Morgan fingerprint density at radius 2 is 2.15 bits per heavy atom. The number of hydrazine groups is 1. The predicted octanol–water partition coefficient (Wildman–Crippen LogP) is 1.03. The van der Waals surface area contributed by atoms with Crippen LogP contribution >= 0.6 is 0 Å². The first-order valence-corrected chi connectivity index (χ1v) is 4.24. The van der Waals surface area contributed by atoms with E-state index in [2.05, 4.69) is 29.5 Å². The van der Waals surface area contributed by atoms with Crippen molar-refractivity contribution in [1.82, 2.24) is 5.43 Å². The van der Waals surface area contributed by atoms with Gasteiger partial charge in [0.15, 0.2) is 0 Å². The molecule has 0 amide bonds. The third kappa shape index (κ3) is 2.56. The first-order valence-electron chi connectivity index (χ1n) is 4.24. The molecule has 0 heterocycles. The summed E-state index contributed by atoms with van der Waals surface area (Å²) in [4.78, 5) is 4.02. The Labute approximate surface area is 78.6 Å². The van der Waals surface area contributed by atoms with Crippen molar-refractivity contribution in [3.63, 3.8) is 0 Å². The standard InChI is InChI=1S/C10H15N3/c1-8-5-3-4-6-9(8)7-10(12-2)13-11/h3-6H,7,11H2,1-2H3,(H,12,13). The highest BCUT2D eigenvalue weighted by atomic mass is 15.2. The van der Waals surface area contributed by atoms with Crippen molar-refractivity contribution in [2.24, 2.45) is 10.8 Å². The molecule has 0 spiro atoms. The minimum absolute atomic E-state index is 0.764. The first kappa shape index (κ1) is 9.74. The second kappa shape index (κ2) is 4.62. The number of hydrogen-bond acceptors (Lipinski definition) is 2. The zero-order valence-electron chi connectivity index (χ0n) is 8.04. The van der Waals surface area contributed by atoms with Crippen LogP contribution < -0.4 is 11.3 Å². The van der Waals surface area contributed by atoms with E-state index in [-0.39, 0.29) is 0 Å². The maximum atomic E-state index is 5.30. The third-order valence-corrected chi connectivity index (χ3v) is 2.06. The number of aryl methyl sites for hydroxylation is 1. The van der Waals surface area contributed by atoms with Crippen molar-refractivity contribution < 1.29 is 0 Å². The zero-order chi connectivity index (χ0) is 9.68. The van der Waals surface area contributed by atoms with Crippen LogP contribution in [-0.4, -0.2) is 12.9 Å². The van der Waals surface area contributed by atoms with Crippen molar-refractivity contribution in [2.45, 2.75) is 13.3 Å². The molecule has 3 nitrogen and oxygen atoms in total. The molecule has 0 saturated heterocycles. The van der Waals surface area contributed by atoms with Crippen molar-refractivity contribution in [3.05, 3.63) is 35.4 Å². The Hall–Kier alpha value is -1.35.